The summed E-state index contributed by atoms with van der Waals surface area (Å²) in [6, 6.07) is 12.0. The highest BCUT2D eigenvalue weighted by atomic mass is 32.2. The summed E-state index contributed by atoms with van der Waals surface area (Å²) in [5, 5.41) is 21.5. The lowest BCUT2D eigenvalue weighted by Gasteiger charge is -2.16. The standard InChI is InChI=1S/C24H21N5O3S2/c1-13-8-9-17-16(10-13)11-18(34-17)22-26-28-24(31-22)33-12-19-25-27-23(30-19)20-14(2)32-29-21(20)15-6-4-3-5-7-15/h3-7,11,13H,8-10,12H2,1-2H3. The molecule has 0 N–H and O–H groups in total. The second-order valence-electron chi connectivity index (χ2n) is 8.40. The van der Waals surface area contributed by atoms with Crippen molar-refractivity contribution in [3.8, 4) is 33.5 Å². The number of aryl methyl sites for hydroxylation is 2. The molecule has 1 aliphatic rings. The molecule has 0 bridgehead atoms. The lowest BCUT2D eigenvalue weighted by molar-refractivity contribution is 0.399. The summed E-state index contributed by atoms with van der Waals surface area (Å²) in [6.45, 7) is 4.13. The first-order chi connectivity index (χ1) is 16.6. The average molecular weight is 492 g/mol. The Kier molecular flexibility index (Phi) is 5.54. The van der Waals surface area contributed by atoms with Gasteiger partial charge in [-0.05, 0) is 43.7 Å². The maximum Gasteiger partial charge on any atom is 0.277 e. The van der Waals surface area contributed by atoms with Crippen LogP contribution >= 0.6 is 23.1 Å². The van der Waals surface area contributed by atoms with Gasteiger partial charge in [0.05, 0.1) is 10.6 Å². The second kappa shape index (κ2) is 8.84. The van der Waals surface area contributed by atoms with E-state index in [9.17, 15) is 0 Å². The zero-order chi connectivity index (χ0) is 23.1. The van der Waals surface area contributed by atoms with E-state index < -0.39 is 0 Å². The Bertz CT molecular complexity index is 1440. The van der Waals surface area contributed by atoms with Crippen molar-refractivity contribution in [1.82, 2.24) is 25.6 Å². The van der Waals surface area contributed by atoms with E-state index in [2.05, 4.69) is 38.5 Å². The van der Waals surface area contributed by atoms with Gasteiger partial charge >= 0.3 is 0 Å². The molecule has 34 heavy (non-hydrogen) atoms. The van der Waals surface area contributed by atoms with Crippen LogP contribution in [0.3, 0.4) is 0 Å². The minimum absolute atomic E-state index is 0.373. The molecule has 8 nitrogen and oxygen atoms in total. The van der Waals surface area contributed by atoms with Gasteiger partial charge in [0.1, 0.15) is 17.0 Å². The smallest absolute Gasteiger partial charge is 0.277 e. The minimum Gasteiger partial charge on any atom is -0.420 e. The van der Waals surface area contributed by atoms with Gasteiger partial charge in [0.25, 0.3) is 17.0 Å². The number of thioether (sulfide) groups is 1. The Hall–Kier alpha value is -3.24. The number of nitrogens with zero attached hydrogens (tertiary/aromatic N) is 5. The molecule has 1 aromatic carbocycles. The fourth-order valence-electron chi connectivity index (χ4n) is 4.13. The molecule has 0 fully saturated rings. The predicted molar refractivity (Wildman–Crippen MR) is 128 cm³/mol. The molecule has 0 radical (unpaired) electrons. The number of fused-ring (bicyclic) bond motifs is 1. The Morgan fingerprint density at radius 1 is 1.06 bits per heavy atom. The van der Waals surface area contributed by atoms with Crippen molar-refractivity contribution in [3.63, 3.8) is 0 Å². The Morgan fingerprint density at radius 3 is 2.79 bits per heavy atom. The first-order valence-corrected chi connectivity index (χ1v) is 12.9. The monoisotopic (exact) mass is 491 g/mol. The molecule has 0 saturated carbocycles. The molecular weight excluding hydrogens is 470 g/mol. The van der Waals surface area contributed by atoms with Crippen molar-refractivity contribution in [2.24, 2.45) is 5.92 Å². The van der Waals surface area contributed by atoms with Gasteiger partial charge in [-0.25, -0.2) is 0 Å². The van der Waals surface area contributed by atoms with Crippen molar-refractivity contribution in [1.29, 1.82) is 0 Å². The molecule has 4 aromatic heterocycles. The van der Waals surface area contributed by atoms with E-state index in [4.69, 9.17) is 13.4 Å². The maximum absolute atomic E-state index is 5.92. The van der Waals surface area contributed by atoms with Gasteiger partial charge in [-0.2, -0.15) is 0 Å². The first-order valence-electron chi connectivity index (χ1n) is 11.1. The van der Waals surface area contributed by atoms with Gasteiger partial charge in [-0.15, -0.1) is 31.7 Å². The van der Waals surface area contributed by atoms with Crippen LogP contribution < -0.4 is 0 Å². The quantitative estimate of drug-likeness (QED) is 0.256. The molecule has 5 aromatic rings. The van der Waals surface area contributed by atoms with Gasteiger partial charge in [-0.3, -0.25) is 0 Å². The average Bonchev–Trinajstić information content (AvgIpc) is 3.63. The zero-order valence-corrected chi connectivity index (χ0v) is 20.3. The van der Waals surface area contributed by atoms with Crippen LogP contribution in [0.25, 0.3) is 33.5 Å². The van der Waals surface area contributed by atoms with Crippen LogP contribution in [-0.4, -0.2) is 25.6 Å². The van der Waals surface area contributed by atoms with Gasteiger partial charge < -0.3 is 13.4 Å². The predicted octanol–water partition coefficient (Wildman–Crippen LogP) is 6.23. The molecule has 1 aliphatic carbocycles. The summed E-state index contributed by atoms with van der Waals surface area (Å²) < 4.78 is 17.2. The third kappa shape index (κ3) is 4.07. The SMILES string of the molecule is Cc1onc(-c2ccccc2)c1-c1nnc(CSc2nnc(-c3cc4c(s3)CCC(C)C4)o2)o1. The van der Waals surface area contributed by atoms with Crippen LogP contribution in [0.5, 0.6) is 0 Å². The Morgan fingerprint density at radius 2 is 1.91 bits per heavy atom. The van der Waals surface area contributed by atoms with E-state index in [1.54, 1.807) is 11.3 Å². The van der Waals surface area contributed by atoms with E-state index in [-0.39, 0.29) is 0 Å². The third-order valence-electron chi connectivity index (χ3n) is 5.86. The van der Waals surface area contributed by atoms with Crippen molar-refractivity contribution in [3.05, 3.63) is 58.5 Å². The Balaban J connectivity index is 1.16. The summed E-state index contributed by atoms with van der Waals surface area (Å²) in [5.74, 6) is 3.16. The second-order valence-corrected chi connectivity index (χ2v) is 10.5. The number of hydrogen-bond donors (Lipinski definition) is 0. The van der Waals surface area contributed by atoms with Crippen LogP contribution in [0.2, 0.25) is 0 Å². The van der Waals surface area contributed by atoms with Crippen molar-refractivity contribution < 1.29 is 13.4 Å². The minimum atomic E-state index is 0.373. The van der Waals surface area contributed by atoms with E-state index in [0.29, 0.717) is 45.7 Å². The van der Waals surface area contributed by atoms with E-state index in [1.807, 2.05) is 37.3 Å². The molecule has 1 atom stereocenters. The highest BCUT2D eigenvalue weighted by molar-refractivity contribution is 7.98. The lowest BCUT2D eigenvalue weighted by Crippen LogP contribution is -2.07. The molecular formula is C24H21N5O3S2. The zero-order valence-electron chi connectivity index (χ0n) is 18.6. The van der Waals surface area contributed by atoms with Gasteiger partial charge in [0.2, 0.25) is 5.89 Å². The highest BCUT2D eigenvalue weighted by Crippen LogP contribution is 2.38. The molecule has 0 spiro atoms. The summed E-state index contributed by atoms with van der Waals surface area (Å²) in [6.07, 6.45) is 3.50. The fraction of sp³-hybridized carbons (Fsp3) is 0.292. The summed E-state index contributed by atoms with van der Waals surface area (Å²) in [7, 11) is 0. The molecule has 172 valence electrons. The van der Waals surface area contributed by atoms with Crippen molar-refractivity contribution >= 4 is 23.1 Å². The largest absolute Gasteiger partial charge is 0.420 e. The van der Waals surface area contributed by atoms with Crippen molar-refractivity contribution in [2.75, 3.05) is 0 Å². The van der Waals surface area contributed by atoms with Crippen molar-refractivity contribution in [2.45, 2.75) is 44.1 Å². The third-order valence-corrected chi connectivity index (χ3v) is 7.88. The number of rotatable bonds is 6. The summed E-state index contributed by atoms with van der Waals surface area (Å²) in [5.41, 5.74) is 3.72. The normalized spacial score (nSPS) is 15.5. The summed E-state index contributed by atoms with van der Waals surface area (Å²) >= 11 is 3.13. The molecule has 10 heteroatoms. The number of benzene rings is 1. The van der Waals surface area contributed by atoms with Crippen LogP contribution in [0.1, 0.15) is 35.4 Å². The topological polar surface area (TPSA) is 104 Å². The van der Waals surface area contributed by atoms with Gasteiger partial charge in [0, 0.05) is 10.4 Å². The molecule has 6 rings (SSSR count). The highest BCUT2D eigenvalue weighted by Gasteiger charge is 2.23. The molecule has 0 saturated heterocycles. The number of hydrogen-bond acceptors (Lipinski definition) is 10. The van der Waals surface area contributed by atoms with E-state index in [1.165, 1.54) is 28.6 Å². The van der Waals surface area contributed by atoms with Gasteiger partial charge in [0.15, 0.2) is 0 Å². The molecule has 4 heterocycles. The molecule has 1 unspecified atom stereocenters. The number of aromatic nitrogens is 5. The fourth-order valence-corrected chi connectivity index (χ4v) is 5.86. The summed E-state index contributed by atoms with van der Waals surface area (Å²) in [4.78, 5) is 2.48. The lowest BCUT2D eigenvalue weighted by atomic mass is 9.90. The van der Waals surface area contributed by atoms with Crippen LogP contribution in [0.15, 0.2) is 55.0 Å². The molecule has 0 amide bonds. The van der Waals surface area contributed by atoms with Crippen LogP contribution in [0, 0.1) is 12.8 Å². The van der Waals surface area contributed by atoms with Gasteiger partial charge in [-0.1, -0.05) is 54.2 Å². The molecule has 0 aliphatic heterocycles. The first kappa shape index (κ1) is 21.3. The van der Waals surface area contributed by atoms with E-state index in [0.717, 1.165) is 29.2 Å². The van der Waals surface area contributed by atoms with Crippen LogP contribution in [-0.2, 0) is 18.6 Å². The number of thiophene rings is 1. The van der Waals surface area contributed by atoms with E-state index >= 15 is 0 Å². The van der Waals surface area contributed by atoms with Crippen LogP contribution in [0.4, 0.5) is 0 Å². The Labute approximate surface area is 203 Å². The maximum atomic E-state index is 5.92.